The van der Waals surface area contributed by atoms with E-state index in [1.54, 1.807) is 17.6 Å². The summed E-state index contributed by atoms with van der Waals surface area (Å²) in [6, 6.07) is 8.12. The molecule has 0 bridgehead atoms. The molecule has 22 heavy (non-hydrogen) atoms. The quantitative estimate of drug-likeness (QED) is 0.696. The zero-order valence-electron chi connectivity index (χ0n) is 12.8. The van der Waals surface area contributed by atoms with Crippen LogP contribution in [0.1, 0.15) is 28.4 Å². The number of fused-ring (bicyclic) bond motifs is 1. The molecule has 2 heterocycles. The van der Waals surface area contributed by atoms with E-state index in [2.05, 4.69) is 36.1 Å². The fraction of sp³-hybridized carbons (Fsp3) is 0.235. The van der Waals surface area contributed by atoms with Crippen LogP contribution in [0.2, 0.25) is 0 Å². The molecule has 2 aromatic heterocycles. The van der Waals surface area contributed by atoms with Crippen LogP contribution in [0.3, 0.4) is 0 Å². The number of ether oxygens (including phenoxy) is 1. The number of aromatic nitrogens is 3. The van der Waals surface area contributed by atoms with E-state index in [1.165, 1.54) is 17.3 Å². The van der Waals surface area contributed by atoms with Crippen molar-refractivity contribution in [3.05, 3.63) is 53.3 Å². The lowest BCUT2D eigenvalue weighted by Crippen LogP contribution is -2.05. The van der Waals surface area contributed by atoms with Crippen molar-refractivity contribution in [1.82, 2.24) is 14.6 Å². The number of nitrogens with zero attached hydrogens (tertiary/aromatic N) is 3. The average molecular weight is 295 g/mol. The number of esters is 1. The summed E-state index contributed by atoms with van der Waals surface area (Å²) in [5.74, 6) is -0.401. The highest BCUT2D eigenvalue weighted by molar-refractivity contribution is 5.95. The maximum absolute atomic E-state index is 12.0. The van der Waals surface area contributed by atoms with Crippen molar-refractivity contribution in [2.45, 2.75) is 20.8 Å². The van der Waals surface area contributed by atoms with Gasteiger partial charge in [-0.1, -0.05) is 12.1 Å². The Morgan fingerprint density at radius 2 is 2.05 bits per heavy atom. The molecular weight excluding hydrogens is 278 g/mol. The first-order chi connectivity index (χ1) is 10.6. The molecule has 0 radical (unpaired) electrons. The number of hydrogen-bond donors (Lipinski definition) is 0. The number of rotatable bonds is 3. The smallest absolute Gasteiger partial charge is 0.343 e. The van der Waals surface area contributed by atoms with Crippen LogP contribution >= 0.6 is 0 Å². The Hall–Kier alpha value is -2.69. The van der Waals surface area contributed by atoms with Gasteiger partial charge in [0.2, 0.25) is 0 Å². The van der Waals surface area contributed by atoms with Gasteiger partial charge in [0.1, 0.15) is 5.56 Å². The fourth-order valence-corrected chi connectivity index (χ4v) is 2.36. The molecule has 0 unspecified atom stereocenters. The van der Waals surface area contributed by atoms with Gasteiger partial charge in [-0.05, 0) is 44.0 Å². The molecule has 5 nitrogen and oxygen atoms in total. The molecule has 0 aliphatic heterocycles. The Kier molecular flexibility index (Phi) is 3.63. The molecule has 1 aromatic carbocycles. The summed E-state index contributed by atoms with van der Waals surface area (Å²) in [6.07, 6.45) is 3.19. The van der Waals surface area contributed by atoms with Crippen molar-refractivity contribution < 1.29 is 9.53 Å². The highest BCUT2D eigenvalue weighted by Gasteiger charge is 2.17. The SMILES string of the molecule is CCOC(=O)c1cnn2c(-c3ccc(C)c(C)c3)ccnc12. The van der Waals surface area contributed by atoms with Crippen molar-refractivity contribution >= 4 is 11.6 Å². The number of aryl methyl sites for hydroxylation is 2. The van der Waals surface area contributed by atoms with Gasteiger partial charge in [0, 0.05) is 11.8 Å². The Morgan fingerprint density at radius 1 is 1.23 bits per heavy atom. The summed E-state index contributed by atoms with van der Waals surface area (Å²) in [7, 11) is 0. The topological polar surface area (TPSA) is 56.5 Å². The zero-order valence-corrected chi connectivity index (χ0v) is 12.8. The summed E-state index contributed by atoms with van der Waals surface area (Å²) in [5.41, 5.74) is 5.27. The van der Waals surface area contributed by atoms with Crippen LogP contribution in [-0.4, -0.2) is 27.2 Å². The first-order valence-electron chi connectivity index (χ1n) is 7.19. The number of benzene rings is 1. The summed E-state index contributed by atoms with van der Waals surface area (Å²) < 4.78 is 6.72. The van der Waals surface area contributed by atoms with E-state index in [9.17, 15) is 4.79 Å². The van der Waals surface area contributed by atoms with Gasteiger partial charge < -0.3 is 4.74 Å². The minimum Gasteiger partial charge on any atom is -0.462 e. The van der Waals surface area contributed by atoms with Gasteiger partial charge in [-0.25, -0.2) is 14.3 Å². The van der Waals surface area contributed by atoms with Gasteiger partial charge in [0.05, 0.1) is 18.5 Å². The highest BCUT2D eigenvalue weighted by atomic mass is 16.5. The molecule has 0 atom stereocenters. The second-order valence-corrected chi connectivity index (χ2v) is 5.14. The monoisotopic (exact) mass is 295 g/mol. The minimum atomic E-state index is -0.401. The lowest BCUT2D eigenvalue weighted by molar-refractivity contribution is 0.0528. The van der Waals surface area contributed by atoms with E-state index in [-0.39, 0.29) is 0 Å². The third-order valence-electron chi connectivity index (χ3n) is 3.70. The lowest BCUT2D eigenvalue weighted by atomic mass is 10.0. The van der Waals surface area contributed by atoms with Crippen LogP contribution in [0.5, 0.6) is 0 Å². The van der Waals surface area contributed by atoms with Crippen LogP contribution < -0.4 is 0 Å². The van der Waals surface area contributed by atoms with E-state index in [0.29, 0.717) is 17.8 Å². The standard InChI is InChI=1S/C17H17N3O2/c1-4-22-17(21)14-10-19-20-15(7-8-18-16(14)20)13-6-5-11(2)12(3)9-13/h5-10H,4H2,1-3H3. The fourth-order valence-electron chi connectivity index (χ4n) is 2.36. The third-order valence-corrected chi connectivity index (χ3v) is 3.70. The molecule has 0 aliphatic carbocycles. The largest absolute Gasteiger partial charge is 0.462 e. The summed E-state index contributed by atoms with van der Waals surface area (Å²) in [4.78, 5) is 16.2. The molecule has 0 amide bonds. The van der Waals surface area contributed by atoms with Crippen molar-refractivity contribution in [1.29, 1.82) is 0 Å². The van der Waals surface area contributed by atoms with E-state index in [4.69, 9.17) is 4.74 Å². The predicted molar refractivity (Wildman–Crippen MR) is 83.9 cm³/mol. The van der Waals surface area contributed by atoms with Crippen LogP contribution in [0.4, 0.5) is 0 Å². The Bertz CT molecular complexity index is 852. The van der Waals surface area contributed by atoms with Gasteiger partial charge >= 0.3 is 5.97 Å². The Labute approximate surface area is 128 Å². The number of carbonyl (C=O) groups is 1. The lowest BCUT2D eigenvalue weighted by Gasteiger charge is -2.07. The van der Waals surface area contributed by atoms with Crippen molar-refractivity contribution in [3.8, 4) is 11.3 Å². The summed E-state index contributed by atoms with van der Waals surface area (Å²) in [6.45, 7) is 6.25. The molecule has 3 aromatic rings. The second kappa shape index (κ2) is 5.60. The van der Waals surface area contributed by atoms with Gasteiger partial charge in [-0.2, -0.15) is 5.10 Å². The summed E-state index contributed by atoms with van der Waals surface area (Å²) in [5, 5.41) is 4.30. The Balaban J connectivity index is 2.15. The molecule has 0 saturated carbocycles. The van der Waals surface area contributed by atoms with E-state index < -0.39 is 5.97 Å². The second-order valence-electron chi connectivity index (χ2n) is 5.14. The number of hydrogen-bond acceptors (Lipinski definition) is 4. The van der Waals surface area contributed by atoms with Crippen molar-refractivity contribution in [2.75, 3.05) is 6.61 Å². The molecule has 0 aliphatic rings. The molecule has 0 spiro atoms. The maximum Gasteiger partial charge on any atom is 0.343 e. The van der Waals surface area contributed by atoms with Crippen LogP contribution in [0.25, 0.3) is 16.9 Å². The molecule has 0 N–H and O–H groups in total. The van der Waals surface area contributed by atoms with Crippen LogP contribution in [0.15, 0.2) is 36.7 Å². The van der Waals surface area contributed by atoms with E-state index >= 15 is 0 Å². The molecule has 112 valence electrons. The highest BCUT2D eigenvalue weighted by Crippen LogP contribution is 2.23. The molecule has 0 fully saturated rings. The minimum absolute atomic E-state index is 0.326. The number of carbonyl (C=O) groups excluding carboxylic acids is 1. The normalized spacial score (nSPS) is 10.9. The molecular formula is C17H17N3O2. The zero-order chi connectivity index (χ0) is 15.7. The van der Waals surface area contributed by atoms with E-state index in [1.807, 2.05) is 12.1 Å². The molecule has 5 heteroatoms. The van der Waals surface area contributed by atoms with Crippen molar-refractivity contribution in [3.63, 3.8) is 0 Å². The van der Waals surface area contributed by atoms with Crippen LogP contribution in [0, 0.1) is 13.8 Å². The third kappa shape index (κ3) is 2.35. The molecule has 0 saturated heterocycles. The van der Waals surface area contributed by atoms with Gasteiger partial charge in [0.25, 0.3) is 0 Å². The van der Waals surface area contributed by atoms with Gasteiger partial charge in [-0.3, -0.25) is 0 Å². The first kappa shape index (κ1) is 14.3. The first-order valence-corrected chi connectivity index (χ1v) is 7.19. The van der Waals surface area contributed by atoms with Crippen molar-refractivity contribution in [2.24, 2.45) is 0 Å². The summed E-state index contributed by atoms with van der Waals surface area (Å²) >= 11 is 0. The van der Waals surface area contributed by atoms with Gasteiger partial charge in [0.15, 0.2) is 5.65 Å². The van der Waals surface area contributed by atoms with Gasteiger partial charge in [-0.15, -0.1) is 0 Å². The predicted octanol–water partition coefficient (Wildman–Crippen LogP) is 3.19. The average Bonchev–Trinajstić information content (AvgIpc) is 2.94. The molecule has 3 rings (SSSR count). The maximum atomic E-state index is 12.0. The van der Waals surface area contributed by atoms with Crippen LogP contribution in [-0.2, 0) is 4.74 Å². The Morgan fingerprint density at radius 3 is 2.77 bits per heavy atom. The van der Waals surface area contributed by atoms with E-state index in [0.717, 1.165) is 11.3 Å².